The second kappa shape index (κ2) is 5.89. The first-order valence-electron chi connectivity index (χ1n) is 4.28. The molecule has 5 heteroatoms. The fourth-order valence-electron chi connectivity index (χ4n) is 0.963. The van der Waals surface area contributed by atoms with E-state index < -0.39 is 5.60 Å². The van der Waals surface area contributed by atoms with E-state index in [1.54, 1.807) is 20.9 Å². The molecule has 0 aromatic rings. The van der Waals surface area contributed by atoms with Crippen molar-refractivity contribution >= 4 is 17.7 Å². The van der Waals surface area contributed by atoms with Gasteiger partial charge in [0.05, 0.1) is 23.2 Å². The van der Waals surface area contributed by atoms with Crippen LogP contribution in [0, 0.1) is 11.3 Å². The second-order valence-corrected chi connectivity index (χ2v) is 4.70. The first kappa shape index (κ1) is 13.3. The van der Waals surface area contributed by atoms with Gasteiger partial charge in [-0.2, -0.15) is 5.26 Å². The van der Waals surface area contributed by atoms with Gasteiger partial charge in [-0.25, -0.2) is 0 Å². The zero-order valence-electron chi connectivity index (χ0n) is 8.78. The number of hydrogen-bond acceptors (Lipinski definition) is 4. The van der Waals surface area contributed by atoms with Crippen LogP contribution in [-0.2, 0) is 4.79 Å². The molecule has 0 atom stereocenters. The molecule has 4 nitrogen and oxygen atoms in total. The lowest BCUT2D eigenvalue weighted by molar-refractivity contribution is -0.129. The lowest BCUT2D eigenvalue weighted by Gasteiger charge is -2.25. The maximum absolute atomic E-state index is 11.4. The van der Waals surface area contributed by atoms with E-state index in [0.717, 1.165) is 0 Å². The number of likely N-dealkylation sites (N-methyl/N-ethyl adjacent to an activating group) is 1. The molecular formula is C9H16N2O2S. The molecule has 0 aliphatic heterocycles. The highest BCUT2D eigenvalue weighted by Gasteiger charge is 2.18. The molecule has 0 aliphatic carbocycles. The molecule has 0 spiro atoms. The zero-order chi connectivity index (χ0) is 11.2. The smallest absolute Gasteiger partial charge is 0.232 e. The molecule has 0 bridgehead atoms. The standard InChI is InChI=1S/C9H16N2O2S/c1-9(2,13)7-11(3)8(12)6-14-5-4-10/h13H,5-7H2,1-3H3. The first-order valence-corrected chi connectivity index (χ1v) is 5.43. The highest BCUT2D eigenvalue weighted by Crippen LogP contribution is 2.06. The number of amides is 1. The molecule has 1 N–H and O–H groups in total. The fourth-order valence-corrected chi connectivity index (χ4v) is 1.55. The minimum absolute atomic E-state index is 0.0626. The Labute approximate surface area is 88.9 Å². The molecule has 0 saturated heterocycles. The Kier molecular flexibility index (Phi) is 5.58. The summed E-state index contributed by atoms with van der Waals surface area (Å²) >= 11 is 1.28. The normalized spacial score (nSPS) is 10.8. The molecule has 0 fully saturated rings. The molecule has 1 amide bonds. The van der Waals surface area contributed by atoms with E-state index >= 15 is 0 Å². The van der Waals surface area contributed by atoms with Crippen LogP contribution in [0.2, 0.25) is 0 Å². The average Bonchev–Trinajstić information content (AvgIpc) is 2.01. The maximum Gasteiger partial charge on any atom is 0.232 e. The highest BCUT2D eigenvalue weighted by molar-refractivity contribution is 8.00. The summed E-state index contributed by atoms with van der Waals surface area (Å²) in [6.45, 7) is 3.61. The van der Waals surface area contributed by atoms with Crippen molar-refractivity contribution in [3.8, 4) is 6.07 Å². The molecule has 0 radical (unpaired) electrons. The van der Waals surface area contributed by atoms with Gasteiger partial charge in [0.25, 0.3) is 0 Å². The van der Waals surface area contributed by atoms with Crippen LogP contribution in [0.4, 0.5) is 0 Å². The van der Waals surface area contributed by atoms with E-state index in [0.29, 0.717) is 18.1 Å². The number of carbonyl (C=O) groups is 1. The summed E-state index contributed by atoms with van der Waals surface area (Å²) in [6.07, 6.45) is 0. The fraction of sp³-hybridized carbons (Fsp3) is 0.778. The van der Waals surface area contributed by atoms with Crippen LogP contribution in [0.25, 0.3) is 0 Å². The Morgan fingerprint density at radius 3 is 2.64 bits per heavy atom. The van der Waals surface area contributed by atoms with E-state index in [1.165, 1.54) is 16.7 Å². The summed E-state index contributed by atoms with van der Waals surface area (Å²) in [6, 6.07) is 1.95. The van der Waals surface area contributed by atoms with Crippen LogP contribution in [0.5, 0.6) is 0 Å². The minimum atomic E-state index is -0.871. The van der Waals surface area contributed by atoms with Gasteiger partial charge in [-0.1, -0.05) is 0 Å². The predicted molar refractivity (Wildman–Crippen MR) is 56.9 cm³/mol. The van der Waals surface area contributed by atoms with Gasteiger partial charge in [0.15, 0.2) is 0 Å². The number of nitrogens with zero attached hydrogens (tertiary/aromatic N) is 2. The predicted octanol–water partition coefficient (Wildman–Crippen LogP) is 0.472. The molecule has 0 heterocycles. The lowest BCUT2D eigenvalue weighted by Crippen LogP contribution is -2.40. The van der Waals surface area contributed by atoms with Gasteiger partial charge in [0.1, 0.15) is 0 Å². The third-order valence-electron chi connectivity index (χ3n) is 1.44. The van der Waals surface area contributed by atoms with Crippen molar-refractivity contribution in [2.24, 2.45) is 0 Å². The van der Waals surface area contributed by atoms with Crippen molar-refractivity contribution < 1.29 is 9.90 Å². The monoisotopic (exact) mass is 216 g/mol. The quantitative estimate of drug-likeness (QED) is 0.679. The maximum atomic E-state index is 11.4. The number of rotatable bonds is 5. The number of thioether (sulfide) groups is 1. The van der Waals surface area contributed by atoms with Gasteiger partial charge in [-0.05, 0) is 13.8 Å². The van der Waals surface area contributed by atoms with Gasteiger partial charge in [0, 0.05) is 13.6 Å². The SMILES string of the molecule is CN(CC(C)(C)O)C(=O)CSCC#N. The molecule has 0 unspecified atom stereocenters. The number of hydrogen-bond donors (Lipinski definition) is 1. The van der Waals surface area contributed by atoms with E-state index in [2.05, 4.69) is 0 Å². The van der Waals surface area contributed by atoms with Crippen LogP contribution in [0.1, 0.15) is 13.8 Å². The van der Waals surface area contributed by atoms with Crippen LogP contribution < -0.4 is 0 Å². The molecule has 80 valence electrons. The van der Waals surface area contributed by atoms with E-state index in [9.17, 15) is 9.90 Å². The van der Waals surface area contributed by atoms with Gasteiger partial charge in [0.2, 0.25) is 5.91 Å². The Bertz CT molecular complexity index is 230. The number of aliphatic hydroxyl groups is 1. The topological polar surface area (TPSA) is 64.3 Å². The van der Waals surface area contributed by atoms with Crippen molar-refractivity contribution in [3.63, 3.8) is 0 Å². The summed E-state index contributed by atoms with van der Waals surface area (Å²) in [5, 5.41) is 17.7. The Morgan fingerprint density at radius 1 is 1.64 bits per heavy atom. The van der Waals surface area contributed by atoms with Crippen molar-refractivity contribution in [1.29, 1.82) is 5.26 Å². The van der Waals surface area contributed by atoms with Crippen molar-refractivity contribution in [3.05, 3.63) is 0 Å². The molecule has 0 rings (SSSR count). The Morgan fingerprint density at radius 2 is 2.21 bits per heavy atom. The number of carbonyl (C=O) groups excluding carboxylic acids is 1. The Balaban J connectivity index is 3.84. The van der Waals surface area contributed by atoms with Gasteiger partial charge in [-0.3, -0.25) is 4.79 Å². The van der Waals surface area contributed by atoms with Crippen molar-refractivity contribution in [1.82, 2.24) is 4.90 Å². The summed E-state index contributed by atoms with van der Waals surface area (Å²) in [4.78, 5) is 12.9. The van der Waals surface area contributed by atoms with Crippen LogP contribution in [0.3, 0.4) is 0 Å². The molecule has 0 aromatic heterocycles. The average molecular weight is 216 g/mol. The first-order chi connectivity index (χ1) is 6.37. The zero-order valence-corrected chi connectivity index (χ0v) is 9.60. The summed E-state index contributed by atoms with van der Waals surface area (Å²) in [5.74, 6) is 0.551. The largest absolute Gasteiger partial charge is 0.389 e. The van der Waals surface area contributed by atoms with Crippen LogP contribution in [-0.4, -0.2) is 46.6 Å². The van der Waals surface area contributed by atoms with Gasteiger partial charge < -0.3 is 10.0 Å². The third kappa shape index (κ3) is 6.75. The third-order valence-corrected chi connectivity index (χ3v) is 2.23. The highest BCUT2D eigenvalue weighted by atomic mass is 32.2. The van der Waals surface area contributed by atoms with E-state index in [4.69, 9.17) is 5.26 Å². The summed E-state index contributed by atoms with van der Waals surface area (Å²) < 4.78 is 0. The van der Waals surface area contributed by atoms with Gasteiger partial charge >= 0.3 is 0 Å². The van der Waals surface area contributed by atoms with Crippen molar-refractivity contribution in [2.75, 3.05) is 25.1 Å². The molecular weight excluding hydrogens is 200 g/mol. The molecule has 0 saturated carbocycles. The molecule has 0 aliphatic rings. The van der Waals surface area contributed by atoms with Gasteiger partial charge in [-0.15, -0.1) is 11.8 Å². The summed E-state index contributed by atoms with van der Waals surface area (Å²) in [7, 11) is 1.65. The van der Waals surface area contributed by atoms with E-state index in [1.807, 2.05) is 6.07 Å². The minimum Gasteiger partial charge on any atom is -0.389 e. The second-order valence-electron chi connectivity index (χ2n) is 3.71. The Hall–Kier alpha value is -0.730. The van der Waals surface area contributed by atoms with Crippen LogP contribution in [0.15, 0.2) is 0 Å². The van der Waals surface area contributed by atoms with Crippen LogP contribution >= 0.6 is 11.8 Å². The molecule has 14 heavy (non-hydrogen) atoms. The molecule has 0 aromatic carbocycles. The van der Waals surface area contributed by atoms with Crippen molar-refractivity contribution in [2.45, 2.75) is 19.4 Å². The van der Waals surface area contributed by atoms with E-state index in [-0.39, 0.29) is 5.91 Å². The summed E-state index contributed by atoms with van der Waals surface area (Å²) in [5.41, 5.74) is -0.871. The number of nitriles is 1. The lowest BCUT2D eigenvalue weighted by atomic mass is 10.1.